The number of aliphatic hydroxyl groups is 1. The minimum atomic E-state index is -0.761. The van der Waals surface area contributed by atoms with Crippen LogP contribution >= 0.6 is 11.6 Å². The molecule has 1 aromatic rings. The summed E-state index contributed by atoms with van der Waals surface area (Å²) in [5.41, 5.74) is -1.29. The molecule has 0 unspecified atom stereocenters. The molecule has 0 saturated carbocycles. The zero-order valence-electron chi connectivity index (χ0n) is 8.05. The molecule has 1 aromatic heterocycles. The van der Waals surface area contributed by atoms with Gasteiger partial charge in [0.15, 0.2) is 12.5 Å². The topological polar surface area (TPSA) is 93.6 Å². The highest BCUT2D eigenvalue weighted by molar-refractivity contribution is 6.30. The molecule has 1 aliphatic rings. The number of hydrogen-bond donors (Lipinski definition) is 2. The Kier molecular flexibility index (Phi) is 3.10. The summed E-state index contributed by atoms with van der Waals surface area (Å²) in [6, 6.07) is 0. The number of halogens is 1. The first-order valence-electron chi connectivity index (χ1n) is 4.50. The van der Waals surface area contributed by atoms with Crippen molar-refractivity contribution >= 4 is 11.6 Å². The summed E-state index contributed by atoms with van der Waals surface area (Å²) in [5.74, 6) is 0. The first kappa shape index (κ1) is 11.3. The van der Waals surface area contributed by atoms with E-state index in [1.807, 2.05) is 4.98 Å². The molecule has 1 fully saturated rings. The molecule has 7 nitrogen and oxygen atoms in total. The van der Waals surface area contributed by atoms with Crippen molar-refractivity contribution in [1.29, 1.82) is 0 Å². The van der Waals surface area contributed by atoms with E-state index in [4.69, 9.17) is 26.2 Å². The van der Waals surface area contributed by atoms with Gasteiger partial charge in [-0.3, -0.25) is 14.3 Å². The van der Waals surface area contributed by atoms with Crippen LogP contribution in [0.4, 0.5) is 0 Å². The Labute approximate surface area is 94.2 Å². The Morgan fingerprint density at radius 2 is 2.38 bits per heavy atom. The molecule has 1 saturated heterocycles. The molecule has 1 aliphatic heterocycles. The molecule has 2 atom stereocenters. The molecule has 0 spiro atoms. The number of rotatable bonds is 2. The van der Waals surface area contributed by atoms with E-state index in [9.17, 15) is 9.59 Å². The van der Waals surface area contributed by atoms with E-state index in [1.54, 1.807) is 0 Å². The summed E-state index contributed by atoms with van der Waals surface area (Å²) in [5, 5.41) is 8.66. The van der Waals surface area contributed by atoms with E-state index in [2.05, 4.69) is 0 Å². The summed E-state index contributed by atoms with van der Waals surface area (Å²) in [6.07, 6.45) is -0.280. The molecule has 16 heavy (non-hydrogen) atoms. The monoisotopic (exact) mass is 248 g/mol. The summed E-state index contributed by atoms with van der Waals surface area (Å²) in [6.45, 7) is -0.199. The number of aromatic amines is 1. The van der Waals surface area contributed by atoms with E-state index in [0.29, 0.717) is 0 Å². The van der Waals surface area contributed by atoms with Gasteiger partial charge < -0.3 is 14.6 Å². The molecule has 2 rings (SSSR count). The molecule has 0 aliphatic carbocycles. The average molecular weight is 249 g/mol. The zero-order valence-corrected chi connectivity index (χ0v) is 8.81. The molecular formula is C8H9ClN2O5. The highest BCUT2D eigenvalue weighted by Gasteiger charge is 2.27. The van der Waals surface area contributed by atoms with Crippen molar-refractivity contribution in [2.75, 3.05) is 13.2 Å². The lowest BCUT2D eigenvalue weighted by atomic mass is 10.5. The maximum atomic E-state index is 11.4. The van der Waals surface area contributed by atoms with Gasteiger partial charge in [-0.1, -0.05) is 11.6 Å². The Morgan fingerprint density at radius 1 is 1.62 bits per heavy atom. The standard InChI is InChI=1S/C8H9ClN2O5/c9-4-1-11(8(14)10-7(4)13)5-3-15-6(2-12)16-5/h1,5-6,12H,2-3H2,(H,10,13,14)/t5-,6+/m0/s1. The van der Waals surface area contributed by atoms with Gasteiger partial charge in [0.2, 0.25) is 0 Å². The number of ether oxygens (including phenoxy) is 2. The third-order valence-corrected chi connectivity index (χ3v) is 2.39. The van der Waals surface area contributed by atoms with Gasteiger partial charge >= 0.3 is 5.69 Å². The Balaban J connectivity index is 2.32. The number of nitrogens with one attached hydrogen (secondary N) is 1. The summed E-state index contributed by atoms with van der Waals surface area (Å²) >= 11 is 5.59. The van der Waals surface area contributed by atoms with E-state index >= 15 is 0 Å². The van der Waals surface area contributed by atoms with Crippen molar-refractivity contribution in [2.24, 2.45) is 0 Å². The molecular weight excluding hydrogens is 240 g/mol. The van der Waals surface area contributed by atoms with Crippen LogP contribution < -0.4 is 11.2 Å². The molecule has 2 heterocycles. The fourth-order valence-electron chi connectivity index (χ4n) is 1.36. The molecule has 88 valence electrons. The lowest BCUT2D eigenvalue weighted by molar-refractivity contribution is -0.0992. The lowest BCUT2D eigenvalue weighted by Crippen LogP contribution is -2.33. The third-order valence-electron chi connectivity index (χ3n) is 2.12. The quantitative estimate of drug-likeness (QED) is 0.704. The van der Waals surface area contributed by atoms with Crippen molar-refractivity contribution in [3.05, 3.63) is 32.1 Å². The normalized spacial score (nSPS) is 24.9. The molecule has 2 N–H and O–H groups in total. The maximum absolute atomic E-state index is 11.4. The van der Waals surface area contributed by atoms with Gasteiger partial charge in [0.05, 0.1) is 13.2 Å². The van der Waals surface area contributed by atoms with Gasteiger partial charge in [0.1, 0.15) is 5.02 Å². The fraction of sp³-hybridized carbons (Fsp3) is 0.500. The van der Waals surface area contributed by atoms with E-state index in [1.165, 1.54) is 6.20 Å². The minimum Gasteiger partial charge on any atom is -0.391 e. The van der Waals surface area contributed by atoms with Gasteiger partial charge in [0.25, 0.3) is 5.56 Å². The average Bonchev–Trinajstić information content (AvgIpc) is 2.71. The van der Waals surface area contributed by atoms with E-state index in [0.717, 1.165) is 4.57 Å². The predicted octanol–water partition coefficient (Wildman–Crippen LogP) is -0.946. The van der Waals surface area contributed by atoms with Gasteiger partial charge in [0, 0.05) is 6.20 Å². The van der Waals surface area contributed by atoms with Crippen molar-refractivity contribution in [3.8, 4) is 0 Å². The lowest BCUT2D eigenvalue weighted by Gasteiger charge is -2.12. The fourth-order valence-corrected chi connectivity index (χ4v) is 1.51. The number of nitrogens with zero attached hydrogens (tertiary/aromatic N) is 1. The Hall–Kier alpha value is -1.15. The largest absolute Gasteiger partial charge is 0.391 e. The number of aliphatic hydroxyl groups excluding tert-OH is 1. The zero-order chi connectivity index (χ0) is 11.7. The van der Waals surface area contributed by atoms with Crippen molar-refractivity contribution in [3.63, 3.8) is 0 Å². The molecule has 0 radical (unpaired) electrons. The SMILES string of the molecule is O=c1[nH]c(=O)n([C@@H]2CO[C@@H](CO)O2)cc1Cl. The van der Waals surface area contributed by atoms with Crippen LogP contribution in [0.1, 0.15) is 6.23 Å². The Bertz CT molecular complexity index is 496. The first-order chi connectivity index (χ1) is 7.61. The van der Waals surface area contributed by atoms with Crippen LogP contribution in [0.5, 0.6) is 0 Å². The molecule has 0 aromatic carbocycles. The molecule has 8 heteroatoms. The summed E-state index contributed by atoms with van der Waals surface area (Å²) in [4.78, 5) is 24.5. The van der Waals surface area contributed by atoms with Crippen molar-refractivity contribution < 1.29 is 14.6 Å². The van der Waals surface area contributed by atoms with Gasteiger partial charge in [-0.25, -0.2) is 4.79 Å². The molecule has 0 amide bonds. The smallest absolute Gasteiger partial charge is 0.330 e. The summed E-state index contributed by atoms with van der Waals surface area (Å²) < 4.78 is 11.3. The minimum absolute atomic E-state index is 0.105. The Morgan fingerprint density at radius 3 is 3.00 bits per heavy atom. The van der Waals surface area contributed by atoms with Gasteiger partial charge in [-0.2, -0.15) is 0 Å². The highest BCUT2D eigenvalue weighted by Crippen LogP contribution is 2.19. The van der Waals surface area contributed by atoms with Crippen LogP contribution in [0.25, 0.3) is 0 Å². The van der Waals surface area contributed by atoms with Gasteiger partial charge in [-0.15, -0.1) is 0 Å². The second kappa shape index (κ2) is 4.38. The third kappa shape index (κ3) is 2.03. The second-order valence-corrected chi connectivity index (χ2v) is 3.59. The summed E-state index contributed by atoms with van der Waals surface area (Å²) in [7, 11) is 0. The van der Waals surface area contributed by atoms with Crippen LogP contribution in [-0.4, -0.2) is 34.2 Å². The van der Waals surface area contributed by atoms with Crippen molar-refractivity contribution in [2.45, 2.75) is 12.5 Å². The van der Waals surface area contributed by atoms with E-state index < -0.39 is 23.8 Å². The number of hydrogen-bond acceptors (Lipinski definition) is 5. The van der Waals surface area contributed by atoms with Crippen LogP contribution in [0.3, 0.4) is 0 Å². The van der Waals surface area contributed by atoms with E-state index in [-0.39, 0.29) is 18.2 Å². The van der Waals surface area contributed by atoms with Gasteiger partial charge in [-0.05, 0) is 0 Å². The van der Waals surface area contributed by atoms with Crippen LogP contribution in [0.15, 0.2) is 15.8 Å². The second-order valence-electron chi connectivity index (χ2n) is 3.18. The van der Waals surface area contributed by atoms with Crippen LogP contribution in [-0.2, 0) is 9.47 Å². The maximum Gasteiger partial charge on any atom is 0.330 e. The first-order valence-corrected chi connectivity index (χ1v) is 4.88. The molecule has 0 bridgehead atoms. The number of H-pyrrole nitrogens is 1. The predicted molar refractivity (Wildman–Crippen MR) is 53.3 cm³/mol. The van der Waals surface area contributed by atoms with Crippen molar-refractivity contribution in [1.82, 2.24) is 9.55 Å². The van der Waals surface area contributed by atoms with Crippen LogP contribution in [0, 0.1) is 0 Å². The number of aromatic nitrogens is 2. The highest BCUT2D eigenvalue weighted by atomic mass is 35.5. The van der Waals surface area contributed by atoms with Crippen LogP contribution in [0.2, 0.25) is 5.02 Å².